The summed E-state index contributed by atoms with van der Waals surface area (Å²) in [5, 5.41) is 7.88. The van der Waals surface area contributed by atoms with Gasteiger partial charge < -0.3 is 9.72 Å². The molecular weight excluding hydrogens is 377 g/mol. The first-order chi connectivity index (χ1) is 10.1. The van der Waals surface area contributed by atoms with E-state index in [4.69, 9.17) is 4.98 Å². The molecule has 0 aliphatic carbocycles. The number of halogens is 1. The SMILES string of the molecule is CC(C)CNCc1c(-n2cc(I)cn2)nc2ccccn12. The van der Waals surface area contributed by atoms with E-state index in [9.17, 15) is 0 Å². The van der Waals surface area contributed by atoms with Gasteiger partial charge in [-0.3, -0.25) is 0 Å². The molecule has 3 aromatic rings. The first-order valence-corrected chi connectivity index (χ1v) is 8.10. The van der Waals surface area contributed by atoms with Gasteiger partial charge in [0, 0.05) is 18.9 Å². The quantitative estimate of drug-likeness (QED) is 0.676. The molecule has 5 nitrogen and oxygen atoms in total. The Balaban J connectivity index is 2.01. The van der Waals surface area contributed by atoms with Crippen LogP contribution in [0.4, 0.5) is 0 Å². The predicted octanol–water partition coefficient (Wildman–Crippen LogP) is 2.87. The maximum Gasteiger partial charge on any atom is 0.176 e. The van der Waals surface area contributed by atoms with E-state index < -0.39 is 0 Å². The molecule has 0 unspecified atom stereocenters. The van der Waals surface area contributed by atoms with Gasteiger partial charge in [-0.05, 0) is 47.2 Å². The Morgan fingerprint density at radius 2 is 2.19 bits per heavy atom. The number of rotatable bonds is 5. The van der Waals surface area contributed by atoms with Crippen LogP contribution >= 0.6 is 22.6 Å². The molecule has 0 spiro atoms. The Bertz CT molecular complexity index is 743. The number of nitrogens with one attached hydrogen (secondary N) is 1. The highest BCUT2D eigenvalue weighted by Gasteiger charge is 2.14. The van der Waals surface area contributed by atoms with Gasteiger partial charge in [0.05, 0.1) is 15.5 Å². The van der Waals surface area contributed by atoms with Crippen molar-refractivity contribution in [1.29, 1.82) is 0 Å². The monoisotopic (exact) mass is 395 g/mol. The Hall–Kier alpha value is -1.41. The van der Waals surface area contributed by atoms with E-state index in [0.29, 0.717) is 5.92 Å². The Morgan fingerprint density at radius 1 is 1.33 bits per heavy atom. The molecule has 21 heavy (non-hydrogen) atoms. The number of aromatic nitrogens is 4. The van der Waals surface area contributed by atoms with Crippen LogP contribution in [0.1, 0.15) is 19.5 Å². The lowest BCUT2D eigenvalue weighted by molar-refractivity contribution is 0.545. The average molecular weight is 395 g/mol. The molecule has 6 heteroatoms. The summed E-state index contributed by atoms with van der Waals surface area (Å²) < 4.78 is 5.07. The van der Waals surface area contributed by atoms with Crippen LogP contribution in [0.3, 0.4) is 0 Å². The first-order valence-electron chi connectivity index (χ1n) is 7.02. The zero-order valence-corrected chi connectivity index (χ0v) is 14.3. The lowest BCUT2D eigenvalue weighted by Gasteiger charge is -2.09. The standard InChI is InChI=1S/C15H18IN5/c1-11(2)7-17-9-13-15(21-10-12(16)8-18-21)19-14-5-3-4-6-20(13)14/h3-6,8,10-11,17H,7,9H2,1-2H3. The summed E-state index contributed by atoms with van der Waals surface area (Å²) in [6, 6.07) is 6.05. The van der Waals surface area contributed by atoms with Crippen molar-refractivity contribution in [3.05, 3.63) is 46.1 Å². The van der Waals surface area contributed by atoms with Crippen molar-refractivity contribution in [2.75, 3.05) is 6.54 Å². The second-order valence-corrected chi connectivity index (χ2v) is 6.68. The molecule has 1 N–H and O–H groups in total. The van der Waals surface area contributed by atoms with Crippen molar-refractivity contribution in [1.82, 2.24) is 24.5 Å². The van der Waals surface area contributed by atoms with Crippen LogP contribution in [0, 0.1) is 9.49 Å². The van der Waals surface area contributed by atoms with E-state index in [1.807, 2.05) is 41.5 Å². The Morgan fingerprint density at radius 3 is 2.90 bits per heavy atom. The fraction of sp³-hybridized carbons (Fsp3) is 0.333. The normalized spacial score (nSPS) is 11.6. The molecule has 0 atom stereocenters. The minimum Gasteiger partial charge on any atom is -0.311 e. The summed E-state index contributed by atoms with van der Waals surface area (Å²) in [7, 11) is 0. The average Bonchev–Trinajstić information content (AvgIpc) is 3.03. The zero-order chi connectivity index (χ0) is 14.8. The molecule has 0 saturated carbocycles. The van der Waals surface area contributed by atoms with Gasteiger partial charge in [0.25, 0.3) is 0 Å². The van der Waals surface area contributed by atoms with Crippen molar-refractivity contribution in [3.8, 4) is 5.82 Å². The van der Waals surface area contributed by atoms with Crippen molar-refractivity contribution in [2.24, 2.45) is 5.92 Å². The van der Waals surface area contributed by atoms with Gasteiger partial charge in [-0.25, -0.2) is 9.67 Å². The molecule has 0 aromatic carbocycles. The van der Waals surface area contributed by atoms with Crippen LogP contribution in [0.2, 0.25) is 0 Å². The molecule has 110 valence electrons. The van der Waals surface area contributed by atoms with Crippen LogP contribution in [-0.4, -0.2) is 25.7 Å². The third-order valence-electron chi connectivity index (χ3n) is 3.22. The highest BCUT2D eigenvalue weighted by molar-refractivity contribution is 14.1. The van der Waals surface area contributed by atoms with Gasteiger partial charge in [0.2, 0.25) is 0 Å². The second-order valence-electron chi connectivity index (χ2n) is 5.44. The number of nitrogens with zero attached hydrogens (tertiary/aromatic N) is 4. The summed E-state index contributed by atoms with van der Waals surface area (Å²) in [5.74, 6) is 1.51. The van der Waals surface area contributed by atoms with E-state index in [2.05, 4.69) is 51.3 Å². The molecule has 0 radical (unpaired) electrons. The van der Waals surface area contributed by atoms with Crippen LogP contribution in [-0.2, 0) is 6.54 Å². The molecule has 0 fully saturated rings. The summed E-state index contributed by atoms with van der Waals surface area (Å²) in [6.07, 6.45) is 5.89. The van der Waals surface area contributed by atoms with Crippen LogP contribution in [0.5, 0.6) is 0 Å². The second kappa shape index (κ2) is 6.15. The third-order valence-corrected chi connectivity index (χ3v) is 3.78. The summed E-state index contributed by atoms with van der Waals surface area (Å²) in [6.45, 7) is 6.17. The van der Waals surface area contributed by atoms with E-state index in [-0.39, 0.29) is 0 Å². The van der Waals surface area contributed by atoms with E-state index >= 15 is 0 Å². The van der Waals surface area contributed by atoms with Gasteiger partial charge in [-0.15, -0.1) is 0 Å². The number of hydrogen-bond donors (Lipinski definition) is 1. The maximum atomic E-state index is 4.71. The Labute approximate surface area is 137 Å². The molecule has 0 amide bonds. The number of imidazole rings is 1. The van der Waals surface area contributed by atoms with Crippen LogP contribution < -0.4 is 5.32 Å². The number of pyridine rings is 1. The molecule has 3 aromatic heterocycles. The van der Waals surface area contributed by atoms with Gasteiger partial charge in [0.1, 0.15) is 5.65 Å². The van der Waals surface area contributed by atoms with Crippen LogP contribution in [0.15, 0.2) is 36.8 Å². The zero-order valence-electron chi connectivity index (χ0n) is 12.1. The summed E-state index contributed by atoms with van der Waals surface area (Å²) in [4.78, 5) is 4.71. The summed E-state index contributed by atoms with van der Waals surface area (Å²) >= 11 is 2.26. The highest BCUT2D eigenvalue weighted by Crippen LogP contribution is 2.17. The molecule has 3 rings (SSSR count). The van der Waals surface area contributed by atoms with Crippen molar-refractivity contribution < 1.29 is 0 Å². The van der Waals surface area contributed by atoms with Gasteiger partial charge in [0.15, 0.2) is 5.82 Å². The number of hydrogen-bond acceptors (Lipinski definition) is 3. The predicted molar refractivity (Wildman–Crippen MR) is 91.6 cm³/mol. The molecular formula is C15H18IN5. The van der Waals surface area contributed by atoms with Gasteiger partial charge >= 0.3 is 0 Å². The minimum absolute atomic E-state index is 0.623. The minimum atomic E-state index is 0.623. The Kier molecular flexibility index (Phi) is 4.25. The van der Waals surface area contributed by atoms with E-state index in [0.717, 1.165) is 33.8 Å². The van der Waals surface area contributed by atoms with Crippen molar-refractivity contribution in [2.45, 2.75) is 20.4 Å². The van der Waals surface area contributed by atoms with Crippen molar-refractivity contribution in [3.63, 3.8) is 0 Å². The fourth-order valence-corrected chi connectivity index (χ4v) is 2.67. The van der Waals surface area contributed by atoms with Crippen LogP contribution in [0.25, 0.3) is 11.5 Å². The van der Waals surface area contributed by atoms with Crippen molar-refractivity contribution >= 4 is 28.2 Å². The molecule has 0 bridgehead atoms. The molecule has 0 saturated heterocycles. The largest absolute Gasteiger partial charge is 0.311 e. The summed E-state index contributed by atoms with van der Waals surface area (Å²) in [5.41, 5.74) is 2.07. The van der Waals surface area contributed by atoms with Gasteiger partial charge in [-0.1, -0.05) is 19.9 Å². The third kappa shape index (κ3) is 3.11. The number of fused-ring (bicyclic) bond motifs is 1. The first kappa shape index (κ1) is 14.5. The highest BCUT2D eigenvalue weighted by atomic mass is 127. The molecule has 3 heterocycles. The topological polar surface area (TPSA) is 47.2 Å². The molecule has 0 aliphatic rings. The maximum absolute atomic E-state index is 4.71. The van der Waals surface area contributed by atoms with Gasteiger partial charge in [-0.2, -0.15) is 5.10 Å². The van der Waals surface area contributed by atoms with E-state index in [1.54, 1.807) is 0 Å². The fourth-order valence-electron chi connectivity index (χ4n) is 2.28. The lowest BCUT2D eigenvalue weighted by atomic mass is 10.2. The lowest BCUT2D eigenvalue weighted by Crippen LogP contribution is -2.21. The molecule has 0 aliphatic heterocycles. The smallest absolute Gasteiger partial charge is 0.176 e. The van der Waals surface area contributed by atoms with E-state index in [1.165, 1.54) is 0 Å².